The molecule has 5 atom stereocenters. The molecule has 0 saturated heterocycles. The molecule has 0 spiro atoms. The van der Waals surface area contributed by atoms with Gasteiger partial charge in [-0.3, -0.25) is 0 Å². The van der Waals surface area contributed by atoms with Gasteiger partial charge in [0, 0.05) is 0 Å². The summed E-state index contributed by atoms with van der Waals surface area (Å²) in [7, 11) is 0. The van der Waals surface area contributed by atoms with Crippen molar-refractivity contribution in [3.8, 4) is 0 Å². The van der Waals surface area contributed by atoms with Crippen LogP contribution in [0.1, 0.15) is 105 Å². The lowest BCUT2D eigenvalue weighted by Gasteiger charge is -2.45. The summed E-state index contributed by atoms with van der Waals surface area (Å²) in [5.74, 6) is 1.35. The average molecular weight is 445 g/mol. The fourth-order valence-corrected chi connectivity index (χ4v) is 6.60. The van der Waals surface area contributed by atoms with Gasteiger partial charge < -0.3 is 14.9 Å². The lowest BCUT2D eigenvalue weighted by molar-refractivity contribution is 0.0642. The lowest BCUT2D eigenvalue weighted by Crippen LogP contribution is -2.34. The van der Waals surface area contributed by atoms with E-state index in [1.54, 1.807) is 5.57 Å². The van der Waals surface area contributed by atoms with Gasteiger partial charge in [-0.1, -0.05) is 69.4 Å². The molecule has 32 heavy (non-hydrogen) atoms. The number of allylic oxidation sites excluding steroid dienone is 3. The van der Waals surface area contributed by atoms with Gasteiger partial charge in [0.25, 0.3) is 0 Å². The monoisotopic (exact) mass is 444 g/mol. The minimum atomic E-state index is -0.546. The predicted octanol–water partition coefficient (Wildman–Crippen LogP) is 6.89. The molecule has 3 heteroatoms. The molecule has 2 fully saturated rings. The Bertz CT molecular complexity index is 710. The van der Waals surface area contributed by atoms with Crippen LogP contribution in [0.5, 0.6) is 0 Å². The Hall–Kier alpha value is -0.900. The summed E-state index contributed by atoms with van der Waals surface area (Å²) >= 11 is 0. The maximum absolute atomic E-state index is 10.5. The highest BCUT2D eigenvalue weighted by molar-refractivity contribution is 5.31. The van der Waals surface area contributed by atoms with Crippen LogP contribution in [0.25, 0.3) is 0 Å². The number of ether oxygens (including phenoxy) is 1. The van der Waals surface area contributed by atoms with Crippen molar-refractivity contribution in [3.05, 3.63) is 34.9 Å². The topological polar surface area (TPSA) is 49.7 Å². The van der Waals surface area contributed by atoms with E-state index >= 15 is 0 Å². The number of hydrogen-bond donors (Lipinski definition) is 2. The van der Waals surface area contributed by atoms with Crippen molar-refractivity contribution in [1.82, 2.24) is 0 Å². The zero-order chi connectivity index (χ0) is 23.4. The summed E-state index contributed by atoms with van der Waals surface area (Å²) in [6, 6.07) is 0. The third kappa shape index (κ3) is 6.81. The Labute approximate surface area is 197 Å². The molecule has 3 rings (SSSR count). The van der Waals surface area contributed by atoms with Crippen molar-refractivity contribution in [2.24, 2.45) is 17.3 Å². The molecule has 0 aromatic heterocycles. The Morgan fingerprint density at radius 3 is 2.78 bits per heavy atom. The van der Waals surface area contributed by atoms with Crippen molar-refractivity contribution >= 4 is 0 Å². The number of aliphatic hydroxyl groups excluding tert-OH is 1. The molecule has 2 saturated carbocycles. The highest BCUT2D eigenvalue weighted by atomic mass is 16.5. The standard InChI is InChI=1S/C29H48O3/c1-6-9-25-23(13-12-22-18-26(30)24-14-17-32-27(24)19-22)11-8-16-29(25,5)20-21(2)10-7-15-28(3,4)31/h12-14,21,25-27,30-31H,6-11,15-20H2,1-5H3. The van der Waals surface area contributed by atoms with Gasteiger partial charge in [0.15, 0.2) is 0 Å². The quantitative estimate of drug-likeness (QED) is 0.381. The normalized spacial score (nSPS) is 34.6. The molecule has 0 bridgehead atoms. The summed E-state index contributed by atoms with van der Waals surface area (Å²) in [4.78, 5) is 0. The molecule has 5 unspecified atom stereocenters. The SMILES string of the molecule is CCCC1C(=CC=C2CC(O)C3=CCOC3C2)CCCC1(C)CC(C)CCCC(C)(C)O. The van der Waals surface area contributed by atoms with Crippen LogP contribution in [-0.2, 0) is 4.74 Å². The van der Waals surface area contributed by atoms with E-state index in [9.17, 15) is 10.2 Å². The number of hydrogen-bond acceptors (Lipinski definition) is 3. The first-order valence-corrected chi connectivity index (χ1v) is 13.2. The van der Waals surface area contributed by atoms with Crippen molar-refractivity contribution in [3.63, 3.8) is 0 Å². The molecule has 3 nitrogen and oxygen atoms in total. The van der Waals surface area contributed by atoms with Crippen LogP contribution in [0.15, 0.2) is 34.9 Å². The lowest BCUT2D eigenvalue weighted by atomic mass is 9.60. The summed E-state index contributed by atoms with van der Waals surface area (Å²) in [5.41, 5.74) is 3.87. The fourth-order valence-electron chi connectivity index (χ4n) is 6.60. The molecule has 0 aromatic carbocycles. The second kappa shape index (κ2) is 11.0. The molecule has 0 amide bonds. The molecule has 182 valence electrons. The van der Waals surface area contributed by atoms with Gasteiger partial charge in [-0.15, -0.1) is 0 Å². The second-order valence-electron chi connectivity index (χ2n) is 11.9. The largest absolute Gasteiger partial charge is 0.390 e. The number of fused-ring (bicyclic) bond motifs is 1. The molecular weight excluding hydrogens is 396 g/mol. The van der Waals surface area contributed by atoms with E-state index in [4.69, 9.17) is 4.74 Å². The highest BCUT2D eigenvalue weighted by Gasteiger charge is 2.39. The van der Waals surface area contributed by atoms with Gasteiger partial charge in [0.05, 0.1) is 24.4 Å². The third-order valence-corrected chi connectivity index (χ3v) is 8.19. The Kier molecular flexibility index (Phi) is 8.85. The minimum absolute atomic E-state index is 0.0937. The summed E-state index contributed by atoms with van der Waals surface area (Å²) in [6.07, 6.45) is 19.0. The Morgan fingerprint density at radius 1 is 1.28 bits per heavy atom. The zero-order valence-electron chi connectivity index (χ0n) is 21.3. The molecule has 3 aliphatic rings. The maximum Gasteiger partial charge on any atom is 0.0852 e. The Balaban J connectivity index is 1.68. The molecule has 2 N–H and O–H groups in total. The van der Waals surface area contributed by atoms with Gasteiger partial charge in [0.1, 0.15) is 0 Å². The first-order valence-electron chi connectivity index (χ1n) is 13.2. The minimum Gasteiger partial charge on any atom is -0.390 e. The molecule has 0 radical (unpaired) electrons. The van der Waals surface area contributed by atoms with Crippen LogP contribution in [0.3, 0.4) is 0 Å². The van der Waals surface area contributed by atoms with E-state index in [0.29, 0.717) is 23.9 Å². The van der Waals surface area contributed by atoms with Crippen molar-refractivity contribution in [2.75, 3.05) is 6.61 Å². The van der Waals surface area contributed by atoms with Gasteiger partial charge in [0.2, 0.25) is 0 Å². The summed E-state index contributed by atoms with van der Waals surface area (Å²) < 4.78 is 5.81. The molecule has 1 aliphatic heterocycles. The predicted molar refractivity (Wildman–Crippen MR) is 134 cm³/mol. The average Bonchev–Trinajstić information content (AvgIpc) is 3.17. The van der Waals surface area contributed by atoms with E-state index in [1.165, 1.54) is 50.5 Å². The van der Waals surface area contributed by atoms with E-state index in [1.807, 2.05) is 13.8 Å². The number of rotatable bonds is 9. The van der Waals surface area contributed by atoms with Crippen LogP contribution in [-0.4, -0.2) is 34.6 Å². The van der Waals surface area contributed by atoms with Gasteiger partial charge in [-0.05, 0) is 88.0 Å². The Morgan fingerprint density at radius 2 is 2.06 bits per heavy atom. The van der Waals surface area contributed by atoms with Crippen LogP contribution in [0, 0.1) is 17.3 Å². The molecular formula is C29H48O3. The van der Waals surface area contributed by atoms with Crippen LogP contribution >= 0.6 is 0 Å². The fraction of sp³-hybridized carbons (Fsp3) is 0.793. The van der Waals surface area contributed by atoms with E-state index < -0.39 is 5.60 Å². The third-order valence-electron chi connectivity index (χ3n) is 8.19. The highest BCUT2D eigenvalue weighted by Crippen LogP contribution is 2.50. The van der Waals surface area contributed by atoms with Gasteiger partial charge >= 0.3 is 0 Å². The summed E-state index contributed by atoms with van der Waals surface area (Å²) in [5, 5.41) is 20.5. The van der Waals surface area contributed by atoms with Gasteiger partial charge in [-0.2, -0.15) is 0 Å². The van der Waals surface area contributed by atoms with Crippen molar-refractivity contribution < 1.29 is 14.9 Å². The molecule has 2 aliphatic carbocycles. The van der Waals surface area contributed by atoms with Crippen LogP contribution < -0.4 is 0 Å². The number of aliphatic hydroxyl groups is 2. The van der Waals surface area contributed by atoms with E-state index in [0.717, 1.165) is 31.3 Å². The first-order chi connectivity index (χ1) is 15.1. The van der Waals surface area contributed by atoms with E-state index in [2.05, 4.69) is 39.0 Å². The maximum atomic E-state index is 10.5. The van der Waals surface area contributed by atoms with E-state index in [-0.39, 0.29) is 12.2 Å². The summed E-state index contributed by atoms with van der Waals surface area (Å²) in [6.45, 7) is 11.8. The molecule has 1 heterocycles. The first kappa shape index (κ1) is 25.7. The second-order valence-corrected chi connectivity index (χ2v) is 11.9. The van der Waals surface area contributed by atoms with Crippen molar-refractivity contribution in [2.45, 2.75) is 123 Å². The van der Waals surface area contributed by atoms with Crippen LogP contribution in [0.2, 0.25) is 0 Å². The van der Waals surface area contributed by atoms with Gasteiger partial charge in [-0.25, -0.2) is 0 Å². The van der Waals surface area contributed by atoms with Crippen molar-refractivity contribution in [1.29, 1.82) is 0 Å². The molecule has 0 aromatic rings. The van der Waals surface area contributed by atoms with Crippen LogP contribution in [0.4, 0.5) is 0 Å². The smallest absolute Gasteiger partial charge is 0.0852 e. The zero-order valence-corrected chi connectivity index (χ0v) is 21.3.